The molecule has 1 aliphatic heterocycles. The molecular weight excluding hydrogens is 253 g/mol. The second kappa shape index (κ2) is 5.43. The Morgan fingerprint density at radius 2 is 2.11 bits per heavy atom. The van der Waals surface area contributed by atoms with Crippen molar-refractivity contribution in [3.8, 4) is 0 Å². The minimum Gasteiger partial charge on any atom is -0.478 e. The fourth-order valence-electron chi connectivity index (χ4n) is 1.62. The van der Waals surface area contributed by atoms with Crippen LogP contribution in [0.1, 0.15) is 12.0 Å². The molecule has 1 N–H and O–H groups in total. The average molecular weight is 263 g/mol. The highest BCUT2D eigenvalue weighted by molar-refractivity contribution is 6.07. The molecule has 1 aromatic carbocycles. The third-order valence-corrected chi connectivity index (χ3v) is 2.49. The molecule has 1 heterocycles. The van der Waals surface area contributed by atoms with Crippen LogP contribution >= 0.6 is 0 Å². The van der Waals surface area contributed by atoms with E-state index in [1.165, 1.54) is 6.07 Å². The lowest BCUT2D eigenvalue weighted by Crippen LogP contribution is -2.06. The Balaban J connectivity index is 2.04. The van der Waals surface area contributed by atoms with Crippen molar-refractivity contribution in [2.45, 2.75) is 12.8 Å². The number of carboxylic acid groups (broad SMARTS) is 1. The van der Waals surface area contributed by atoms with E-state index < -0.39 is 11.9 Å². The lowest BCUT2D eigenvalue weighted by Gasteiger charge is -2.01. The van der Waals surface area contributed by atoms with Crippen molar-refractivity contribution in [1.82, 2.24) is 0 Å². The van der Waals surface area contributed by atoms with Gasteiger partial charge in [-0.05, 0) is 18.1 Å². The number of hydrogen-bond donors (Lipinski definition) is 1. The molecule has 2 rings (SSSR count). The van der Waals surface area contributed by atoms with Gasteiger partial charge in [0.05, 0.1) is 6.08 Å². The minimum absolute atomic E-state index is 0.0979. The number of aliphatic carboxylic acids is 1. The third kappa shape index (κ3) is 3.25. The van der Waals surface area contributed by atoms with Crippen LogP contribution < -0.4 is 0 Å². The molecule has 0 fully saturated rings. The molecule has 1 aliphatic rings. The van der Waals surface area contributed by atoms with Crippen LogP contribution in [0.2, 0.25) is 0 Å². The molecule has 0 radical (unpaired) electrons. The maximum absolute atomic E-state index is 13.4. The number of carbonyl (C=O) groups excluding carboxylic acids is 1. The third-order valence-electron chi connectivity index (χ3n) is 2.49. The van der Waals surface area contributed by atoms with Gasteiger partial charge in [-0.2, -0.15) is 0 Å². The number of aliphatic imine (C=N–C) groups is 1. The largest absolute Gasteiger partial charge is 0.478 e. The average Bonchev–Trinajstić information content (AvgIpc) is 2.68. The molecule has 0 saturated heterocycles. The van der Waals surface area contributed by atoms with Gasteiger partial charge in [0.2, 0.25) is 0 Å². The first kappa shape index (κ1) is 12.9. The van der Waals surface area contributed by atoms with E-state index in [2.05, 4.69) is 4.99 Å². The molecule has 1 aromatic rings. The molecule has 5 nitrogen and oxygen atoms in total. The van der Waals surface area contributed by atoms with E-state index in [0.717, 1.165) is 0 Å². The zero-order valence-electron chi connectivity index (χ0n) is 9.80. The van der Waals surface area contributed by atoms with Crippen molar-refractivity contribution >= 4 is 17.8 Å². The SMILES string of the molecule is O=C(O)/C=C1/N=C(CCc2ccccc2F)OC1=O. The van der Waals surface area contributed by atoms with E-state index in [1.807, 2.05) is 0 Å². The van der Waals surface area contributed by atoms with Crippen LogP contribution in [0.3, 0.4) is 0 Å². The first-order chi connectivity index (χ1) is 9.06. The normalized spacial score (nSPS) is 16.4. The molecule has 6 heteroatoms. The van der Waals surface area contributed by atoms with Crippen molar-refractivity contribution in [3.63, 3.8) is 0 Å². The number of rotatable bonds is 4. The Morgan fingerprint density at radius 3 is 2.79 bits per heavy atom. The Kier molecular flexibility index (Phi) is 3.70. The summed E-state index contributed by atoms with van der Waals surface area (Å²) in [6, 6.07) is 6.25. The van der Waals surface area contributed by atoms with Gasteiger partial charge in [-0.25, -0.2) is 19.0 Å². The van der Waals surface area contributed by atoms with Gasteiger partial charge in [0.1, 0.15) is 5.82 Å². The number of ether oxygens (including phenoxy) is 1. The monoisotopic (exact) mass is 263 g/mol. The number of aryl methyl sites for hydroxylation is 1. The Hall–Kier alpha value is -2.50. The predicted molar refractivity (Wildman–Crippen MR) is 64.0 cm³/mol. The Bertz CT molecular complexity index is 592. The topological polar surface area (TPSA) is 76.0 Å². The van der Waals surface area contributed by atoms with Gasteiger partial charge >= 0.3 is 11.9 Å². The first-order valence-corrected chi connectivity index (χ1v) is 5.54. The second-order valence-electron chi connectivity index (χ2n) is 3.85. The highest BCUT2D eigenvalue weighted by Gasteiger charge is 2.23. The van der Waals surface area contributed by atoms with Crippen molar-refractivity contribution < 1.29 is 23.8 Å². The van der Waals surface area contributed by atoms with Crippen LogP contribution in [-0.4, -0.2) is 22.9 Å². The standard InChI is InChI=1S/C13H10FNO4/c14-9-4-2-1-3-8(9)5-6-11-15-10(7-12(16)17)13(18)19-11/h1-4,7H,5-6H2,(H,16,17)/b10-7+. The van der Waals surface area contributed by atoms with Crippen molar-refractivity contribution in [3.05, 3.63) is 47.4 Å². The van der Waals surface area contributed by atoms with E-state index in [-0.39, 0.29) is 23.8 Å². The summed E-state index contributed by atoms with van der Waals surface area (Å²) < 4.78 is 18.1. The summed E-state index contributed by atoms with van der Waals surface area (Å²) in [6.45, 7) is 0. The number of benzene rings is 1. The maximum Gasteiger partial charge on any atom is 0.363 e. The summed E-state index contributed by atoms with van der Waals surface area (Å²) in [5.41, 5.74) is 0.230. The number of carboxylic acids is 1. The molecule has 0 bridgehead atoms. The number of nitrogens with zero attached hydrogens (tertiary/aromatic N) is 1. The van der Waals surface area contributed by atoms with E-state index in [0.29, 0.717) is 18.1 Å². The van der Waals surface area contributed by atoms with Gasteiger partial charge in [0.25, 0.3) is 0 Å². The molecular formula is C13H10FNO4. The quantitative estimate of drug-likeness (QED) is 0.662. The van der Waals surface area contributed by atoms with Gasteiger partial charge < -0.3 is 9.84 Å². The molecule has 98 valence electrons. The fraction of sp³-hybridized carbons (Fsp3) is 0.154. The summed E-state index contributed by atoms with van der Waals surface area (Å²) in [5.74, 6) is -2.31. The van der Waals surface area contributed by atoms with Gasteiger partial charge in [-0.15, -0.1) is 0 Å². The summed E-state index contributed by atoms with van der Waals surface area (Å²) >= 11 is 0. The minimum atomic E-state index is -1.27. The zero-order chi connectivity index (χ0) is 13.8. The summed E-state index contributed by atoms with van der Waals surface area (Å²) in [4.78, 5) is 25.4. The van der Waals surface area contributed by atoms with Crippen LogP contribution in [0.4, 0.5) is 4.39 Å². The van der Waals surface area contributed by atoms with Crippen molar-refractivity contribution in [2.24, 2.45) is 4.99 Å². The summed E-state index contributed by atoms with van der Waals surface area (Å²) in [7, 11) is 0. The number of halogens is 1. The van der Waals surface area contributed by atoms with Crippen LogP contribution in [0.25, 0.3) is 0 Å². The predicted octanol–water partition coefficient (Wildman–Crippen LogP) is 1.68. The molecule has 0 spiro atoms. The van der Waals surface area contributed by atoms with Crippen LogP contribution in [0.5, 0.6) is 0 Å². The number of cyclic esters (lactones) is 1. The Labute approximate surface area is 108 Å². The highest BCUT2D eigenvalue weighted by atomic mass is 19.1. The second-order valence-corrected chi connectivity index (χ2v) is 3.85. The molecule has 19 heavy (non-hydrogen) atoms. The van der Waals surface area contributed by atoms with E-state index >= 15 is 0 Å². The Morgan fingerprint density at radius 1 is 1.37 bits per heavy atom. The summed E-state index contributed by atoms with van der Waals surface area (Å²) in [6.07, 6.45) is 1.22. The summed E-state index contributed by atoms with van der Waals surface area (Å²) in [5, 5.41) is 8.52. The van der Waals surface area contributed by atoms with Crippen molar-refractivity contribution in [1.29, 1.82) is 0 Å². The lowest BCUT2D eigenvalue weighted by atomic mass is 10.1. The first-order valence-electron chi connectivity index (χ1n) is 5.54. The van der Waals surface area contributed by atoms with Gasteiger partial charge in [0.15, 0.2) is 11.6 Å². The van der Waals surface area contributed by atoms with Crippen LogP contribution in [0, 0.1) is 5.82 Å². The fourth-order valence-corrected chi connectivity index (χ4v) is 1.62. The van der Waals surface area contributed by atoms with Gasteiger partial charge in [-0.3, -0.25) is 0 Å². The number of esters is 1. The molecule has 0 atom stereocenters. The van der Waals surface area contributed by atoms with Crippen LogP contribution in [0.15, 0.2) is 41.0 Å². The van der Waals surface area contributed by atoms with Crippen LogP contribution in [-0.2, 0) is 20.7 Å². The molecule has 0 aliphatic carbocycles. The van der Waals surface area contributed by atoms with Gasteiger partial charge in [-0.1, -0.05) is 18.2 Å². The molecule has 0 aromatic heterocycles. The van der Waals surface area contributed by atoms with E-state index in [9.17, 15) is 14.0 Å². The zero-order valence-corrected chi connectivity index (χ0v) is 9.80. The van der Waals surface area contributed by atoms with Crippen molar-refractivity contribution in [2.75, 3.05) is 0 Å². The molecule has 0 amide bonds. The molecule has 0 unspecified atom stereocenters. The number of hydrogen-bond acceptors (Lipinski definition) is 4. The smallest absolute Gasteiger partial charge is 0.363 e. The molecule has 0 saturated carbocycles. The van der Waals surface area contributed by atoms with Gasteiger partial charge in [0, 0.05) is 6.42 Å². The lowest BCUT2D eigenvalue weighted by molar-refractivity contribution is -0.133. The van der Waals surface area contributed by atoms with E-state index in [1.54, 1.807) is 18.2 Å². The highest BCUT2D eigenvalue weighted by Crippen LogP contribution is 2.15. The number of carbonyl (C=O) groups is 2. The van der Waals surface area contributed by atoms with E-state index in [4.69, 9.17) is 9.84 Å². The maximum atomic E-state index is 13.4.